The Labute approximate surface area is 425 Å². The van der Waals surface area contributed by atoms with Gasteiger partial charge < -0.3 is 78.5 Å². The standard InChI is InChI=1S/C44H32F6N6O2.4BF4/c45-43(46,47)57-41-11-5-3-9-39(41)55-25-17-33(18-26-55)31-13-21-53(22-14-31)29-37-38(52-36-8-2-1-7-35(36)51-37)30-54-23-15-32(16-24-54)34-19-27-56(28-20-34)40-10-4-6-12-42(40)58-44(48,49)50;4*2-1(3,4)5/h1-28H,29-30H2;;;;/q+4;4*-1. The van der Waals surface area contributed by atoms with Gasteiger partial charge in [0.05, 0.1) is 11.0 Å². The molecule has 416 valence electrons. The highest BCUT2D eigenvalue weighted by Crippen LogP contribution is 2.28. The van der Waals surface area contributed by atoms with Crippen LogP contribution in [-0.2, 0) is 13.1 Å². The normalized spacial score (nSPS) is 11.8. The molecule has 0 N–H and O–H groups in total. The minimum absolute atomic E-state index is 0.259. The molecule has 8 aromatic rings. The van der Waals surface area contributed by atoms with Crippen LogP contribution in [-0.4, -0.2) is 51.7 Å². The van der Waals surface area contributed by atoms with Crippen LogP contribution in [0.5, 0.6) is 11.5 Å². The molecule has 0 saturated carbocycles. The van der Waals surface area contributed by atoms with Gasteiger partial charge in [-0.25, -0.2) is 9.97 Å². The molecule has 0 bridgehead atoms. The lowest BCUT2D eigenvalue weighted by Gasteiger charge is -2.10. The number of alkyl halides is 6. The summed E-state index contributed by atoms with van der Waals surface area (Å²) in [5, 5.41) is 0. The van der Waals surface area contributed by atoms with Gasteiger partial charge in [-0.2, -0.15) is 18.3 Å². The largest absolute Gasteiger partial charge is 0.673 e. The van der Waals surface area contributed by atoms with Crippen molar-refractivity contribution in [2.24, 2.45) is 0 Å². The Morgan fingerprint density at radius 1 is 0.333 bits per heavy atom. The van der Waals surface area contributed by atoms with Crippen molar-refractivity contribution in [1.29, 1.82) is 0 Å². The number of halogens is 22. The second kappa shape index (κ2) is 26.3. The van der Waals surface area contributed by atoms with Gasteiger partial charge in [-0.15, -0.1) is 26.3 Å². The second-order valence-corrected chi connectivity index (χ2v) is 15.1. The molecule has 0 unspecified atom stereocenters. The van der Waals surface area contributed by atoms with Crippen LogP contribution in [0.25, 0.3) is 44.7 Å². The molecular weight excluding hydrogens is 1110 g/mol. The third-order valence-electron chi connectivity index (χ3n) is 9.24. The lowest BCUT2D eigenvalue weighted by molar-refractivity contribution is -0.694. The van der Waals surface area contributed by atoms with E-state index in [0.29, 0.717) is 13.1 Å². The first-order chi connectivity index (χ1) is 35.9. The number of rotatable bonds is 10. The molecule has 0 spiro atoms. The number of nitrogens with zero attached hydrogens (tertiary/aromatic N) is 6. The molecular formula is C44H32B4F22N6O2. The Morgan fingerprint density at radius 2 is 0.564 bits per heavy atom. The summed E-state index contributed by atoms with van der Waals surface area (Å²) >= 11 is 0. The number of fused-ring (bicyclic) bond motifs is 1. The molecule has 0 aliphatic carbocycles. The quantitative estimate of drug-likeness (QED) is 0.0778. The van der Waals surface area contributed by atoms with E-state index in [1.807, 2.05) is 107 Å². The van der Waals surface area contributed by atoms with Crippen LogP contribution in [0.2, 0.25) is 0 Å². The first kappa shape index (κ1) is 62.5. The maximum absolute atomic E-state index is 13.0. The van der Waals surface area contributed by atoms with Gasteiger partial charge in [-0.05, 0) is 46.5 Å². The summed E-state index contributed by atoms with van der Waals surface area (Å²) < 4.78 is 249. The van der Waals surface area contributed by atoms with Crippen molar-refractivity contribution in [3.05, 3.63) is 182 Å². The molecule has 8 nitrogen and oxygen atoms in total. The summed E-state index contributed by atoms with van der Waals surface area (Å²) in [5.74, 6) is -0.594. The molecule has 78 heavy (non-hydrogen) atoms. The third kappa shape index (κ3) is 24.7. The van der Waals surface area contributed by atoms with E-state index < -0.39 is 41.7 Å². The van der Waals surface area contributed by atoms with Crippen LogP contribution in [0.1, 0.15) is 11.4 Å². The fourth-order valence-corrected chi connectivity index (χ4v) is 6.50. The number of para-hydroxylation sites is 6. The molecule has 0 saturated heterocycles. The topological polar surface area (TPSA) is 59.8 Å². The zero-order valence-electron chi connectivity index (χ0n) is 38.7. The summed E-state index contributed by atoms with van der Waals surface area (Å²) in [6.45, 7) is 0.885. The first-order valence-corrected chi connectivity index (χ1v) is 21.4. The zero-order chi connectivity index (χ0) is 58.3. The van der Waals surface area contributed by atoms with Crippen LogP contribution in [0, 0.1) is 0 Å². The minimum Gasteiger partial charge on any atom is -0.418 e. The average molecular weight is 1140 g/mol. The zero-order valence-corrected chi connectivity index (χ0v) is 38.7. The van der Waals surface area contributed by atoms with Gasteiger partial charge in [-0.3, -0.25) is 0 Å². The van der Waals surface area contributed by atoms with Crippen LogP contribution >= 0.6 is 0 Å². The number of hydrogen-bond acceptors (Lipinski definition) is 4. The summed E-state index contributed by atoms with van der Waals surface area (Å²) in [5.41, 5.74) is 7.21. The fraction of sp³-hybridized carbons (Fsp3) is 0.0909. The van der Waals surface area contributed by atoms with Gasteiger partial charge in [0.25, 0.3) is 11.4 Å². The van der Waals surface area contributed by atoms with E-state index in [4.69, 9.17) is 9.97 Å². The van der Waals surface area contributed by atoms with Gasteiger partial charge >= 0.3 is 41.7 Å². The van der Waals surface area contributed by atoms with Crippen molar-refractivity contribution in [2.75, 3.05) is 0 Å². The molecule has 0 aliphatic heterocycles. The fourth-order valence-electron chi connectivity index (χ4n) is 6.50. The molecule has 34 heteroatoms. The predicted molar refractivity (Wildman–Crippen MR) is 239 cm³/mol. The van der Waals surface area contributed by atoms with Crippen molar-refractivity contribution in [1.82, 2.24) is 9.97 Å². The number of hydrogen-bond donors (Lipinski definition) is 0. The van der Waals surface area contributed by atoms with Crippen molar-refractivity contribution in [3.8, 4) is 45.1 Å². The van der Waals surface area contributed by atoms with Crippen LogP contribution < -0.4 is 27.7 Å². The lowest BCUT2D eigenvalue weighted by Crippen LogP contribution is -2.38. The van der Waals surface area contributed by atoms with E-state index in [-0.39, 0.29) is 22.9 Å². The van der Waals surface area contributed by atoms with E-state index in [9.17, 15) is 95.4 Å². The highest BCUT2D eigenvalue weighted by molar-refractivity contribution is 6.51. The van der Waals surface area contributed by atoms with Crippen molar-refractivity contribution < 1.29 is 123 Å². The smallest absolute Gasteiger partial charge is 0.418 e. The SMILES string of the molecule is FC(F)(F)Oc1ccccc1-[n+]1ccc(-c2cc[n+](Cc3nc4ccccc4nc3C[n+]3ccc(-c4cc[n+](-c5ccccc5OC(F)(F)F)cc4)cc3)cc2)cc1.F[B-](F)(F)F.F[B-](F)(F)F.F[B-](F)(F)F.F[B-](F)(F)F. The van der Waals surface area contributed by atoms with E-state index in [1.54, 1.807) is 58.2 Å². The predicted octanol–water partition coefficient (Wildman–Crippen LogP) is 13.2. The summed E-state index contributed by atoms with van der Waals surface area (Å²) in [7, 11) is -24.0. The van der Waals surface area contributed by atoms with Crippen molar-refractivity contribution in [3.63, 3.8) is 0 Å². The van der Waals surface area contributed by atoms with Gasteiger partial charge in [0, 0.05) is 60.7 Å². The molecule has 0 amide bonds. The van der Waals surface area contributed by atoms with Crippen molar-refractivity contribution in [2.45, 2.75) is 25.8 Å². The minimum atomic E-state index is -6.00. The van der Waals surface area contributed by atoms with Crippen LogP contribution in [0.3, 0.4) is 0 Å². The van der Waals surface area contributed by atoms with Gasteiger partial charge in [0.15, 0.2) is 62.7 Å². The monoisotopic (exact) mass is 1140 g/mol. The average Bonchev–Trinajstić information content (AvgIpc) is 3.30. The van der Waals surface area contributed by atoms with Crippen molar-refractivity contribution >= 4 is 40.1 Å². The van der Waals surface area contributed by atoms with E-state index in [2.05, 4.69) is 9.47 Å². The Morgan fingerprint density at radius 3 is 0.821 bits per heavy atom. The first-order valence-electron chi connectivity index (χ1n) is 21.4. The lowest BCUT2D eigenvalue weighted by atomic mass is 10.1. The number of ether oxygens (including phenoxy) is 2. The van der Waals surface area contributed by atoms with Gasteiger partial charge in [0.2, 0.25) is 11.5 Å². The molecule has 5 aromatic heterocycles. The Hall–Kier alpha value is -8.08. The molecule has 3 aromatic carbocycles. The van der Waals surface area contributed by atoms with E-state index >= 15 is 0 Å². The number of benzene rings is 3. The summed E-state index contributed by atoms with van der Waals surface area (Å²) in [6.07, 6.45) is 4.90. The highest BCUT2D eigenvalue weighted by Gasteiger charge is 2.35. The maximum Gasteiger partial charge on any atom is 0.673 e. The van der Waals surface area contributed by atoms with Gasteiger partial charge in [0.1, 0.15) is 11.4 Å². The van der Waals surface area contributed by atoms with Crippen LogP contribution in [0.15, 0.2) is 171 Å². The van der Waals surface area contributed by atoms with Crippen LogP contribution in [0.4, 0.5) is 95.4 Å². The highest BCUT2D eigenvalue weighted by atomic mass is 19.5. The number of pyridine rings is 4. The van der Waals surface area contributed by atoms with E-state index in [0.717, 1.165) is 44.7 Å². The summed E-state index contributed by atoms with van der Waals surface area (Å²) in [4.78, 5) is 9.97. The molecule has 0 radical (unpaired) electrons. The van der Waals surface area contributed by atoms with Gasteiger partial charge in [-0.1, -0.05) is 36.4 Å². The Kier molecular flexibility index (Phi) is 21.1. The molecule has 0 atom stereocenters. The summed E-state index contributed by atoms with van der Waals surface area (Å²) in [6, 6.07) is 34.7. The molecule has 8 rings (SSSR count). The molecule has 0 fully saturated rings. The molecule has 0 aliphatic rings. The third-order valence-corrected chi connectivity index (χ3v) is 9.24. The maximum atomic E-state index is 13.0. The second-order valence-electron chi connectivity index (χ2n) is 15.1. The Bertz CT molecular complexity index is 2890. The molecule has 5 heterocycles. The van der Waals surface area contributed by atoms with E-state index in [1.165, 1.54) is 24.3 Å². The number of aromatic nitrogens is 6. The Balaban J connectivity index is 0.000000562.